The summed E-state index contributed by atoms with van der Waals surface area (Å²) in [6.45, 7) is 3.40. The first-order valence-electron chi connectivity index (χ1n) is 7.16. The van der Waals surface area contributed by atoms with Crippen molar-refractivity contribution in [2.75, 3.05) is 19.8 Å². The lowest BCUT2D eigenvalue weighted by molar-refractivity contribution is 0.0640. The average molecular weight is 299 g/mol. The zero-order valence-electron chi connectivity index (χ0n) is 12.3. The SMILES string of the molecule is CCOc1ccc(OCCOn2nnc3ccccc32)cc1. The van der Waals surface area contributed by atoms with Crippen LogP contribution in [0.5, 0.6) is 11.5 Å². The van der Waals surface area contributed by atoms with E-state index in [1.165, 1.54) is 4.85 Å². The summed E-state index contributed by atoms with van der Waals surface area (Å²) in [6, 6.07) is 15.1. The van der Waals surface area contributed by atoms with Gasteiger partial charge in [-0.05, 0) is 48.5 Å². The monoisotopic (exact) mass is 299 g/mol. The number of ether oxygens (including phenoxy) is 2. The Hall–Kier alpha value is -2.76. The number of para-hydroxylation sites is 1. The number of rotatable bonds is 7. The van der Waals surface area contributed by atoms with Crippen molar-refractivity contribution >= 4 is 11.0 Å². The zero-order valence-corrected chi connectivity index (χ0v) is 12.3. The van der Waals surface area contributed by atoms with E-state index in [1.807, 2.05) is 55.5 Å². The van der Waals surface area contributed by atoms with Gasteiger partial charge in [0.15, 0.2) is 6.61 Å². The van der Waals surface area contributed by atoms with E-state index in [0.717, 1.165) is 22.5 Å². The van der Waals surface area contributed by atoms with Crippen molar-refractivity contribution in [3.63, 3.8) is 0 Å². The second kappa shape index (κ2) is 6.80. The molecule has 0 amide bonds. The zero-order chi connectivity index (χ0) is 15.2. The first-order valence-corrected chi connectivity index (χ1v) is 7.16. The summed E-state index contributed by atoms with van der Waals surface area (Å²) in [4.78, 5) is 6.95. The molecule has 1 heterocycles. The number of hydrogen-bond acceptors (Lipinski definition) is 5. The van der Waals surface area contributed by atoms with E-state index in [1.54, 1.807) is 0 Å². The molecule has 1 aromatic heterocycles. The van der Waals surface area contributed by atoms with Gasteiger partial charge in [0, 0.05) is 0 Å². The van der Waals surface area contributed by atoms with Crippen molar-refractivity contribution < 1.29 is 14.3 Å². The van der Waals surface area contributed by atoms with E-state index < -0.39 is 0 Å². The van der Waals surface area contributed by atoms with Gasteiger partial charge in [-0.25, -0.2) is 0 Å². The molecule has 0 bridgehead atoms. The van der Waals surface area contributed by atoms with Crippen molar-refractivity contribution in [3.05, 3.63) is 48.5 Å². The van der Waals surface area contributed by atoms with Crippen LogP contribution in [0.4, 0.5) is 0 Å². The third-order valence-corrected chi connectivity index (χ3v) is 3.02. The van der Waals surface area contributed by atoms with Gasteiger partial charge in [-0.3, -0.25) is 0 Å². The molecule has 0 N–H and O–H groups in total. The Bertz CT molecular complexity index is 725. The second-order valence-corrected chi connectivity index (χ2v) is 4.54. The maximum atomic E-state index is 5.61. The molecule has 6 nitrogen and oxygen atoms in total. The highest BCUT2D eigenvalue weighted by Gasteiger charge is 2.03. The van der Waals surface area contributed by atoms with Gasteiger partial charge in [-0.1, -0.05) is 17.0 Å². The molecule has 0 saturated heterocycles. The molecule has 0 aliphatic carbocycles. The van der Waals surface area contributed by atoms with Gasteiger partial charge < -0.3 is 14.3 Å². The molecule has 6 heteroatoms. The molecule has 0 unspecified atom stereocenters. The Balaban J connectivity index is 1.49. The van der Waals surface area contributed by atoms with Gasteiger partial charge in [0.1, 0.15) is 29.1 Å². The maximum Gasteiger partial charge on any atom is 0.151 e. The molecule has 0 atom stereocenters. The lowest BCUT2D eigenvalue weighted by Gasteiger charge is -2.08. The van der Waals surface area contributed by atoms with E-state index in [9.17, 15) is 0 Å². The fraction of sp³-hybridized carbons (Fsp3) is 0.250. The highest BCUT2D eigenvalue weighted by atomic mass is 16.7. The molecule has 22 heavy (non-hydrogen) atoms. The summed E-state index contributed by atoms with van der Waals surface area (Å²) in [5.74, 6) is 1.61. The molecular weight excluding hydrogens is 282 g/mol. The first kappa shape index (κ1) is 14.2. The lowest BCUT2D eigenvalue weighted by atomic mass is 10.3. The molecule has 3 rings (SSSR count). The summed E-state index contributed by atoms with van der Waals surface area (Å²) in [5, 5.41) is 7.96. The quantitative estimate of drug-likeness (QED) is 0.627. The van der Waals surface area contributed by atoms with E-state index in [0.29, 0.717) is 19.8 Å². The van der Waals surface area contributed by atoms with Crippen molar-refractivity contribution in [2.24, 2.45) is 0 Å². The predicted octanol–water partition coefficient (Wildman–Crippen LogP) is 2.34. The van der Waals surface area contributed by atoms with E-state index in [4.69, 9.17) is 14.3 Å². The van der Waals surface area contributed by atoms with Crippen LogP contribution >= 0.6 is 0 Å². The molecule has 0 fully saturated rings. The largest absolute Gasteiger partial charge is 0.494 e. The van der Waals surface area contributed by atoms with E-state index in [2.05, 4.69) is 10.3 Å². The maximum absolute atomic E-state index is 5.61. The van der Waals surface area contributed by atoms with Crippen LogP contribution < -0.4 is 14.3 Å². The molecule has 0 saturated carbocycles. The summed E-state index contributed by atoms with van der Waals surface area (Å²) in [5.41, 5.74) is 1.64. The van der Waals surface area contributed by atoms with Gasteiger partial charge in [-0.15, -0.1) is 5.10 Å². The number of aromatic nitrogens is 3. The first-order chi connectivity index (χ1) is 10.9. The molecule has 0 aliphatic heterocycles. The van der Waals surface area contributed by atoms with Crippen LogP contribution in [-0.2, 0) is 0 Å². The summed E-state index contributed by atoms with van der Waals surface area (Å²) < 4.78 is 11.0. The minimum atomic E-state index is 0.376. The van der Waals surface area contributed by atoms with Crippen LogP contribution in [-0.4, -0.2) is 35.0 Å². The van der Waals surface area contributed by atoms with Crippen molar-refractivity contribution in [2.45, 2.75) is 6.92 Å². The summed E-state index contributed by atoms with van der Waals surface area (Å²) in [7, 11) is 0. The fourth-order valence-electron chi connectivity index (χ4n) is 2.02. The van der Waals surface area contributed by atoms with Crippen LogP contribution in [0.2, 0.25) is 0 Å². The molecule has 114 valence electrons. The van der Waals surface area contributed by atoms with Gasteiger partial charge in [0.05, 0.1) is 6.61 Å². The topological polar surface area (TPSA) is 58.4 Å². The fourth-order valence-corrected chi connectivity index (χ4v) is 2.02. The molecule has 0 aliphatic rings. The number of nitrogens with zero attached hydrogens (tertiary/aromatic N) is 3. The lowest BCUT2D eigenvalue weighted by Crippen LogP contribution is -2.19. The second-order valence-electron chi connectivity index (χ2n) is 4.54. The van der Waals surface area contributed by atoms with Crippen LogP contribution in [0.1, 0.15) is 6.92 Å². The minimum Gasteiger partial charge on any atom is -0.494 e. The highest BCUT2D eigenvalue weighted by molar-refractivity contribution is 5.73. The molecule has 0 radical (unpaired) electrons. The van der Waals surface area contributed by atoms with Gasteiger partial charge >= 0.3 is 0 Å². The predicted molar refractivity (Wildman–Crippen MR) is 82.1 cm³/mol. The summed E-state index contributed by atoms with van der Waals surface area (Å²) in [6.07, 6.45) is 0. The van der Waals surface area contributed by atoms with Crippen molar-refractivity contribution in [1.82, 2.24) is 15.2 Å². The van der Waals surface area contributed by atoms with Crippen molar-refractivity contribution in [3.8, 4) is 11.5 Å². The number of benzene rings is 2. The Kier molecular flexibility index (Phi) is 4.38. The Labute approximate surface area is 128 Å². The smallest absolute Gasteiger partial charge is 0.151 e. The third-order valence-electron chi connectivity index (χ3n) is 3.02. The normalized spacial score (nSPS) is 10.6. The Morgan fingerprint density at radius 2 is 1.64 bits per heavy atom. The average Bonchev–Trinajstić information content (AvgIpc) is 2.97. The van der Waals surface area contributed by atoms with E-state index >= 15 is 0 Å². The van der Waals surface area contributed by atoms with Crippen LogP contribution in [0.15, 0.2) is 48.5 Å². The molecular formula is C16H17N3O3. The third kappa shape index (κ3) is 3.28. The van der Waals surface area contributed by atoms with Crippen LogP contribution in [0.3, 0.4) is 0 Å². The van der Waals surface area contributed by atoms with Gasteiger partial charge in [0.2, 0.25) is 0 Å². The Morgan fingerprint density at radius 1 is 0.909 bits per heavy atom. The van der Waals surface area contributed by atoms with Gasteiger partial charge in [0.25, 0.3) is 0 Å². The molecule has 3 aromatic rings. The summed E-state index contributed by atoms with van der Waals surface area (Å²) >= 11 is 0. The molecule has 2 aromatic carbocycles. The standard InChI is InChI=1S/C16H17N3O3/c1-2-20-13-7-9-14(10-8-13)21-11-12-22-19-16-6-4-3-5-15(16)17-18-19/h3-10H,2,11-12H2,1H3. The van der Waals surface area contributed by atoms with Crippen LogP contribution in [0.25, 0.3) is 11.0 Å². The van der Waals surface area contributed by atoms with Crippen LogP contribution in [0, 0.1) is 0 Å². The number of hydrogen-bond donors (Lipinski definition) is 0. The number of fused-ring (bicyclic) bond motifs is 1. The van der Waals surface area contributed by atoms with E-state index in [-0.39, 0.29) is 0 Å². The minimum absolute atomic E-state index is 0.376. The Morgan fingerprint density at radius 3 is 2.41 bits per heavy atom. The van der Waals surface area contributed by atoms with Gasteiger partial charge in [-0.2, -0.15) is 0 Å². The van der Waals surface area contributed by atoms with Crippen molar-refractivity contribution in [1.29, 1.82) is 0 Å². The molecule has 0 spiro atoms. The highest BCUT2D eigenvalue weighted by Crippen LogP contribution is 2.17.